The van der Waals surface area contributed by atoms with Crippen LogP contribution in [0.4, 0.5) is 10.1 Å². The Morgan fingerprint density at radius 3 is 2.39 bits per heavy atom. The van der Waals surface area contributed by atoms with Crippen LogP contribution < -0.4 is 10.6 Å². The summed E-state index contributed by atoms with van der Waals surface area (Å²) in [6.45, 7) is 5.30. The van der Waals surface area contributed by atoms with Crippen LogP contribution >= 0.6 is 0 Å². The Morgan fingerprint density at radius 2 is 1.71 bits per heavy atom. The third-order valence-electron chi connectivity index (χ3n) is 4.49. The summed E-state index contributed by atoms with van der Waals surface area (Å²) in [5.74, 6) is -1.21. The van der Waals surface area contributed by atoms with Gasteiger partial charge in [0.1, 0.15) is 11.5 Å². The molecule has 0 aliphatic heterocycles. The van der Waals surface area contributed by atoms with Crippen molar-refractivity contribution in [2.45, 2.75) is 20.8 Å². The number of hydrogen-bond acceptors (Lipinski definition) is 3. The third-order valence-corrected chi connectivity index (χ3v) is 4.49. The topological polar surface area (TPSA) is 76.0 Å². The molecule has 0 saturated heterocycles. The highest BCUT2D eigenvalue weighted by atomic mass is 19.1. The smallest absolute Gasteiger partial charge is 0.255 e. The van der Waals surface area contributed by atoms with Crippen molar-refractivity contribution in [1.82, 2.24) is 15.1 Å². The Labute approximate surface area is 162 Å². The standard InChI is InChI=1S/C21H21FN4O2/c1-13-7-6-8-14(2)20(13)25-19(27)12-23-21(28)16-11-24-26(15(16)3)18-10-5-4-9-17(18)22/h4-11H,12H2,1-3H3,(H,23,28)(H,25,27). The molecule has 6 nitrogen and oxygen atoms in total. The van der Waals surface area contributed by atoms with Crippen molar-refractivity contribution in [3.05, 3.63) is 76.9 Å². The van der Waals surface area contributed by atoms with E-state index in [9.17, 15) is 14.0 Å². The van der Waals surface area contributed by atoms with Crippen molar-refractivity contribution in [3.63, 3.8) is 0 Å². The first-order valence-corrected chi connectivity index (χ1v) is 8.82. The highest BCUT2D eigenvalue weighted by Crippen LogP contribution is 2.19. The fourth-order valence-corrected chi connectivity index (χ4v) is 2.95. The maximum Gasteiger partial charge on any atom is 0.255 e. The molecular weight excluding hydrogens is 359 g/mol. The van der Waals surface area contributed by atoms with Crippen LogP contribution in [-0.2, 0) is 4.79 Å². The fraction of sp³-hybridized carbons (Fsp3) is 0.190. The largest absolute Gasteiger partial charge is 0.343 e. The van der Waals surface area contributed by atoms with E-state index in [0.29, 0.717) is 5.69 Å². The maximum absolute atomic E-state index is 14.0. The average molecular weight is 380 g/mol. The predicted molar refractivity (Wildman–Crippen MR) is 105 cm³/mol. The van der Waals surface area contributed by atoms with E-state index in [1.807, 2.05) is 32.0 Å². The van der Waals surface area contributed by atoms with Crippen LogP contribution in [0, 0.1) is 26.6 Å². The van der Waals surface area contributed by atoms with Crippen molar-refractivity contribution in [2.24, 2.45) is 0 Å². The van der Waals surface area contributed by atoms with Gasteiger partial charge in [0.15, 0.2) is 0 Å². The molecule has 1 heterocycles. The van der Waals surface area contributed by atoms with Crippen LogP contribution in [0.2, 0.25) is 0 Å². The van der Waals surface area contributed by atoms with Gasteiger partial charge in [-0.1, -0.05) is 30.3 Å². The molecule has 3 rings (SSSR count). The first-order valence-electron chi connectivity index (χ1n) is 8.82. The minimum atomic E-state index is -0.447. The number of halogens is 1. The molecule has 0 bridgehead atoms. The minimum absolute atomic E-state index is 0.184. The van der Waals surface area contributed by atoms with Gasteiger partial charge in [0.25, 0.3) is 5.91 Å². The molecule has 2 amide bonds. The van der Waals surface area contributed by atoms with Gasteiger partial charge in [0.05, 0.1) is 24.0 Å². The van der Waals surface area contributed by atoms with E-state index in [1.165, 1.54) is 16.9 Å². The summed E-state index contributed by atoms with van der Waals surface area (Å²) in [7, 11) is 0. The zero-order valence-electron chi connectivity index (χ0n) is 15.9. The summed E-state index contributed by atoms with van der Waals surface area (Å²) < 4.78 is 15.3. The molecule has 0 aliphatic carbocycles. The van der Waals surface area contributed by atoms with Gasteiger partial charge in [-0.2, -0.15) is 5.10 Å². The van der Waals surface area contributed by atoms with Gasteiger partial charge in [0, 0.05) is 5.69 Å². The summed E-state index contributed by atoms with van der Waals surface area (Å²) in [5, 5.41) is 9.50. The number of aromatic nitrogens is 2. The van der Waals surface area contributed by atoms with Gasteiger partial charge in [-0.3, -0.25) is 9.59 Å². The van der Waals surface area contributed by atoms with Crippen molar-refractivity contribution < 1.29 is 14.0 Å². The summed E-state index contributed by atoms with van der Waals surface area (Å²) in [5.41, 5.74) is 3.65. The summed E-state index contributed by atoms with van der Waals surface area (Å²) >= 11 is 0. The summed E-state index contributed by atoms with van der Waals surface area (Å²) in [6, 6.07) is 11.9. The molecule has 0 fully saturated rings. The molecule has 2 N–H and O–H groups in total. The molecule has 0 aliphatic rings. The summed E-state index contributed by atoms with van der Waals surface area (Å²) in [6.07, 6.45) is 1.36. The number of amides is 2. The zero-order valence-corrected chi connectivity index (χ0v) is 15.9. The first-order chi connectivity index (χ1) is 13.4. The molecule has 0 radical (unpaired) electrons. The molecule has 3 aromatic rings. The van der Waals surface area contributed by atoms with Crippen molar-refractivity contribution in [1.29, 1.82) is 0 Å². The van der Waals surface area contributed by atoms with E-state index in [0.717, 1.165) is 16.8 Å². The molecule has 0 unspecified atom stereocenters. The molecule has 2 aromatic carbocycles. The van der Waals surface area contributed by atoms with Crippen LogP contribution in [0.1, 0.15) is 27.2 Å². The Hall–Kier alpha value is -3.48. The number of benzene rings is 2. The van der Waals surface area contributed by atoms with E-state index >= 15 is 0 Å². The second-order valence-electron chi connectivity index (χ2n) is 6.50. The Bertz CT molecular complexity index is 1020. The average Bonchev–Trinajstić information content (AvgIpc) is 3.04. The Morgan fingerprint density at radius 1 is 1.04 bits per heavy atom. The molecule has 7 heteroatoms. The lowest BCUT2D eigenvalue weighted by molar-refractivity contribution is -0.115. The Balaban J connectivity index is 1.67. The maximum atomic E-state index is 14.0. The fourth-order valence-electron chi connectivity index (χ4n) is 2.95. The third kappa shape index (κ3) is 3.93. The molecule has 1 aromatic heterocycles. The highest BCUT2D eigenvalue weighted by Gasteiger charge is 2.17. The number of carbonyl (C=O) groups excluding carboxylic acids is 2. The SMILES string of the molecule is Cc1cccc(C)c1NC(=O)CNC(=O)c1cnn(-c2ccccc2F)c1C. The summed E-state index contributed by atoms with van der Waals surface area (Å²) in [4.78, 5) is 24.7. The minimum Gasteiger partial charge on any atom is -0.343 e. The predicted octanol–water partition coefficient (Wildman–Crippen LogP) is 3.31. The zero-order chi connectivity index (χ0) is 20.3. The molecule has 0 atom stereocenters. The second kappa shape index (κ2) is 8.04. The lowest BCUT2D eigenvalue weighted by Gasteiger charge is -2.12. The van der Waals surface area contributed by atoms with E-state index in [1.54, 1.807) is 25.1 Å². The van der Waals surface area contributed by atoms with Gasteiger partial charge >= 0.3 is 0 Å². The van der Waals surface area contributed by atoms with Crippen LogP contribution in [0.25, 0.3) is 5.69 Å². The van der Waals surface area contributed by atoms with Crippen LogP contribution in [-0.4, -0.2) is 28.1 Å². The second-order valence-corrected chi connectivity index (χ2v) is 6.50. The van der Waals surface area contributed by atoms with Crippen molar-refractivity contribution >= 4 is 17.5 Å². The number of nitrogens with one attached hydrogen (secondary N) is 2. The normalized spacial score (nSPS) is 10.6. The monoisotopic (exact) mass is 380 g/mol. The van der Waals surface area contributed by atoms with Gasteiger partial charge in [-0.25, -0.2) is 9.07 Å². The van der Waals surface area contributed by atoms with E-state index in [2.05, 4.69) is 15.7 Å². The molecular formula is C21H21FN4O2. The van der Waals surface area contributed by atoms with Gasteiger partial charge in [-0.05, 0) is 44.0 Å². The van der Waals surface area contributed by atoms with Crippen LogP contribution in [0.15, 0.2) is 48.7 Å². The van der Waals surface area contributed by atoms with E-state index < -0.39 is 11.7 Å². The number of nitrogens with zero attached hydrogens (tertiary/aromatic N) is 2. The van der Waals surface area contributed by atoms with E-state index in [-0.39, 0.29) is 23.7 Å². The molecule has 0 saturated carbocycles. The van der Waals surface area contributed by atoms with Gasteiger partial charge in [0.2, 0.25) is 5.91 Å². The lowest BCUT2D eigenvalue weighted by Crippen LogP contribution is -2.33. The quantitative estimate of drug-likeness (QED) is 0.713. The number of rotatable bonds is 5. The van der Waals surface area contributed by atoms with Crippen LogP contribution in [0.5, 0.6) is 0 Å². The van der Waals surface area contributed by atoms with Crippen molar-refractivity contribution in [2.75, 3.05) is 11.9 Å². The van der Waals surface area contributed by atoms with Crippen molar-refractivity contribution in [3.8, 4) is 5.69 Å². The number of anilines is 1. The lowest BCUT2D eigenvalue weighted by atomic mass is 10.1. The number of para-hydroxylation sites is 2. The number of hydrogen-bond donors (Lipinski definition) is 2. The van der Waals surface area contributed by atoms with E-state index in [4.69, 9.17) is 0 Å². The number of carbonyl (C=O) groups is 2. The van der Waals surface area contributed by atoms with Gasteiger partial charge < -0.3 is 10.6 Å². The van der Waals surface area contributed by atoms with Gasteiger partial charge in [-0.15, -0.1) is 0 Å². The molecule has 28 heavy (non-hydrogen) atoms. The molecule has 0 spiro atoms. The van der Waals surface area contributed by atoms with Crippen LogP contribution in [0.3, 0.4) is 0 Å². The Kier molecular flexibility index (Phi) is 5.54. The molecule has 144 valence electrons. The first kappa shape index (κ1) is 19.3. The number of aryl methyl sites for hydroxylation is 2. The highest BCUT2D eigenvalue weighted by molar-refractivity contribution is 6.00.